The molecule has 0 atom stereocenters. The van der Waals surface area contributed by atoms with E-state index in [0.29, 0.717) is 11.3 Å². The van der Waals surface area contributed by atoms with Gasteiger partial charge in [-0.2, -0.15) is 18.3 Å². The van der Waals surface area contributed by atoms with Gasteiger partial charge in [-0.25, -0.2) is 0 Å². The number of rotatable bonds is 6. The lowest BCUT2D eigenvalue weighted by atomic mass is 10.1. The largest absolute Gasteiger partial charge is 0.435 e. The first-order valence-corrected chi connectivity index (χ1v) is 8.40. The van der Waals surface area contributed by atoms with Gasteiger partial charge in [0.2, 0.25) is 0 Å². The molecular weight excluding hydrogens is 331 g/mol. The maximum absolute atomic E-state index is 12.9. The summed E-state index contributed by atoms with van der Waals surface area (Å²) in [5.74, 6) is -0.0836. The van der Waals surface area contributed by atoms with Crippen LogP contribution < -0.4 is 5.32 Å². The predicted molar refractivity (Wildman–Crippen MR) is 87.4 cm³/mol. The summed E-state index contributed by atoms with van der Waals surface area (Å²) in [4.78, 5) is 12.1. The third-order valence-electron chi connectivity index (χ3n) is 4.33. The van der Waals surface area contributed by atoms with Crippen LogP contribution >= 0.6 is 0 Å². The average Bonchev–Trinajstić information content (AvgIpc) is 3.33. The highest BCUT2D eigenvalue weighted by Gasteiger charge is 2.37. The van der Waals surface area contributed by atoms with Crippen LogP contribution in [0, 0.1) is 0 Å². The third kappa shape index (κ3) is 4.21. The molecule has 0 bridgehead atoms. The number of nitrogens with one attached hydrogen (secondary N) is 1. The topological polar surface area (TPSA) is 46.9 Å². The SMILES string of the molecule is CCc1ccc(C(=O)NCCn2nc(C(F)(F)F)cc2C2CC2)cc1. The summed E-state index contributed by atoms with van der Waals surface area (Å²) in [6.07, 6.45) is -1.77. The van der Waals surface area contributed by atoms with Gasteiger partial charge in [-0.3, -0.25) is 9.48 Å². The smallest absolute Gasteiger partial charge is 0.350 e. The van der Waals surface area contributed by atoms with Crippen molar-refractivity contribution in [3.63, 3.8) is 0 Å². The van der Waals surface area contributed by atoms with Crippen LogP contribution in [0.5, 0.6) is 0 Å². The maximum atomic E-state index is 12.9. The second-order valence-corrected chi connectivity index (χ2v) is 6.26. The number of benzene rings is 1. The van der Waals surface area contributed by atoms with Gasteiger partial charge in [-0.1, -0.05) is 19.1 Å². The quantitative estimate of drug-likeness (QED) is 0.861. The van der Waals surface area contributed by atoms with E-state index < -0.39 is 11.9 Å². The number of amides is 1. The lowest BCUT2D eigenvalue weighted by Gasteiger charge is -2.09. The Morgan fingerprint density at radius 3 is 2.52 bits per heavy atom. The molecule has 1 saturated carbocycles. The molecule has 1 aliphatic carbocycles. The van der Waals surface area contributed by atoms with E-state index in [1.807, 2.05) is 19.1 Å². The van der Waals surface area contributed by atoms with Crippen molar-refractivity contribution in [1.29, 1.82) is 0 Å². The molecule has 134 valence electrons. The van der Waals surface area contributed by atoms with E-state index in [4.69, 9.17) is 0 Å². The summed E-state index contributed by atoms with van der Waals surface area (Å²) in [5, 5.41) is 6.41. The van der Waals surface area contributed by atoms with Crippen molar-refractivity contribution in [2.75, 3.05) is 6.54 Å². The minimum atomic E-state index is -4.45. The summed E-state index contributed by atoms with van der Waals surface area (Å²) < 4.78 is 39.9. The molecule has 1 N–H and O–H groups in total. The fraction of sp³-hybridized carbons (Fsp3) is 0.444. The molecule has 1 fully saturated rings. The summed E-state index contributed by atoms with van der Waals surface area (Å²) in [6, 6.07) is 8.41. The molecule has 3 rings (SSSR count). The highest BCUT2D eigenvalue weighted by Crippen LogP contribution is 2.42. The first-order chi connectivity index (χ1) is 11.9. The van der Waals surface area contributed by atoms with Gasteiger partial charge in [0.25, 0.3) is 5.91 Å². The van der Waals surface area contributed by atoms with E-state index in [2.05, 4.69) is 10.4 Å². The number of aryl methyl sites for hydroxylation is 1. The van der Waals surface area contributed by atoms with E-state index in [1.165, 1.54) is 4.68 Å². The van der Waals surface area contributed by atoms with Gasteiger partial charge in [0.1, 0.15) is 0 Å². The van der Waals surface area contributed by atoms with Crippen molar-refractivity contribution in [1.82, 2.24) is 15.1 Å². The van der Waals surface area contributed by atoms with Gasteiger partial charge in [0.15, 0.2) is 5.69 Å². The van der Waals surface area contributed by atoms with Crippen LogP contribution in [-0.4, -0.2) is 22.2 Å². The monoisotopic (exact) mass is 351 g/mol. The Morgan fingerprint density at radius 1 is 1.28 bits per heavy atom. The van der Waals surface area contributed by atoms with Crippen molar-refractivity contribution in [2.45, 2.75) is 44.8 Å². The maximum Gasteiger partial charge on any atom is 0.435 e. The second kappa shape index (κ2) is 6.90. The van der Waals surface area contributed by atoms with E-state index in [1.54, 1.807) is 12.1 Å². The van der Waals surface area contributed by atoms with E-state index in [-0.39, 0.29) is 24.9 Å². The summed E-state index contributed by atoms with van der Waals surface area (Å²) >= 11 is 0. The first kappa shape index (κ1) is 17.5. The standard InChI is InChI=1S/C18H20F3N3O/c1-2-12-3-5-14(6-4-12)17(25)22-9-10-24-15(13-7-8-13)11-16(23-24)18(19,20)21/h3-6,11,13H,2,7-10H2,1H3,(H,22,25). The number of alkyl halides is 3. The molecule has 7 heteroatoms. The zero-order chi connectivity index (χ0) is 18.0. The van der Waals surface area contributed by atoms with Crippen LogP contribution in [0.1, 0.15) is 53.0 Å². The lowest BCUT2D eigenvalue weighted by molar-refractivity contribution is -0.141. The minimum absolute atomic E-state index is 0.154. The number of halogens is 3. The van der Waals surface area contributed by atoms with E-state index in [0.717, 1.165) is 30.9 Å². The fourth-order valence-corrected chi connectivity index (χ4v) is 2.73. The lowest BCUT2D eigenvalue weighted by Crippen LogP contribution is -2.28. The normalized spacial score (nSPS) is 14.6. The van der Waals surface area contributed by atoms with Gasteiger partial charge in [-0.15, -0.1) is 0 Å². The van der Waals surface area contributed by atoms with Crippen molar-refractivity contribution >= 4 is 5.91 Å². The summed E-state index contributed by atoms with van der Waals surface area (Å²) in [6.45, 7) is 2.49. The Hall–Kier alpha value is -2.31. The van der Waals surface area contributed by atoms with Gasteiger partial charge >= 0.3 is 6.18 Å². The van der Waals surface area contributed by atoms with Crippen molar-refractivity contribution in [2.24, 2.45) is 0 Å². The number of carbonyl (C=O) groups is 1. The fourth-order valence-electron chi connectivity index (χ4n) is 2.73. The van der Waals surface area contributed by atoms with E-state index in [9.17, 15) is 18.0 Å². The predicted octanol–water partition coefficient (Wildman–Crippen LogP) is 3.77. The minimum Gasteiger partial charge on any atom is -0.350 e. The van der Waals surface area contributed by atoms with Crippen LogP contribution in [0.4, 0.5) is 13.2 Å². The highest BCUT2D eigenvalue weighted by atomic mass is 19.4. The van der Waals surface area contributed by atoms with E-state index >= 15 is 0 Å². The zero-order valence-corrected chi connectivity index (χ0v) is 13.9. The second-order valence-electron chi connectivity index (χ2n) is 6.26. The number of aromatic nitrogens is 2. The molecule has 1 aromatic carbocycles. The van der Waals surface area contributed by atoms with Crippen LogP contribution in [-0.2, 0) is 19.1 Å². The van der Waals surface area contributed by atoms with Gasteiger partial charge in [0, 0.05) is 23.7 Å². The third-order valence-corrected chi connectivity index (χ3v) is 4.33. The van der Waals surface area contributed by atoms with Crippen molar-refractivity contribution in [3.8, 4) is 0 Å². The molecule has 1 heterocycles. The van der Waals surface area contributed by atoms with Crippen LogP contribution in [0.2, 0.25) is 0 Å². The number of hydrogen-bond donors (Lipinski definition) is 1. The molecule has 1 aliphatic rings. The van der Waals surface area contributed by atoms with Gasteiger partial charge < -0.3 is 5.32 Å². The zero-order valence-electron chi connectivity index (χ0n) is 13.9. The molecule has 2 aromatic rings. The molecule has 4 nitrogen and oxygen atoms in total. The van der Waals surface area contributed by atoms with Crippen LogP contribution in [0.15, 0.2) is 30.3 Å². The molecule has 1 aromatic heterocycles. The Balaban J connectivity index is 1.61. The molecule has 0 radical (unpaired) electrons. The highest BCUT2D eigenvalue weighted by molar-refractivity contribution is 5.94. The summed E-state index contributed by atoms with van der Waals surface area (Å²) in [7, 11) is 0. The Labute approximate surface area is 144 Å². The number of nitrogens with zero attached hydrogens (tertiary/aromatic N) is 2. The Morgan fingerprint density at radius 2 is 1.96 bits per heavy atom. The Bertz CT molecular complexity index is 746. The van der Waals surface area contributed by atoms with Gasteiger partial charge in [-0.05, 0) is 43.0 Å². The van der Waals surface area contributed by atoms with Crippen molar-refractivity contribution in [3.05, 3.63) is 52.8 Å². The number of carbonyl (C=O) groups excluding carboxylic acids is 1. The number of hydrogen-bond acceptors (Lipinski definition) is 2. The molecular formula is C18H20F3N3O. The molecule has 0 unspecified atom stereocenters. The van der Waals surface area contributed by atoms with Crippen LogP contribution in [0.3, 0.4) is 0 Å². The summed E-state index contributed by atoms with van der Waals surface area (Å²) in [5.41, 5.74) is 1.42. The first-order valence-electron chi connectivity index (χ1n) is 8.40. The Kier molecular flexibility index (Phi) is 4.83. The van der Waals surface area contributed by atoms with Crippen molar-refractivity contribution < 1.29 is 18.0 Å². The molecule has 0 spiro atoms. The molecule has 25 heavy (non-hydrogen) atoms. The molecule has 0 saturated heterocycles. The molecule has 0 aliphatic heterocycles. The van der Waals surface area contributed by atoms with Gasteiger partial charge in [0.05, 0.1) is 6.54 Å². The molecule has 1 amide bonds. The average molecular weight is 351 g/mol. The van der Waals surface area contributed by atoms with Crippen LogP contribution in [0.25, 0.3) is 0 Å².